The normalized spacial score (nSPS) is 11.5. The highest BCUT2D eigenvalue weighted by Gasteiger charge is 2.21. The summed E-state index contributed by atoms with van der Waals surface area (Å²) in [5.41, 5.74) is 2.09. The fraction of sp³-hybridized carbons (Fsp3) is 0.0833. The highest BCUT2D eigenvalue weighted by Crippen LogP contribution is 2.20. The van der Waals surface area contributed by atoms with Crippen LogP contribution in [0.5, 0.6) is 0 Å². The molecule has 1 aromatic heterocycles. The van der Waals surface area contributed by atoms with Gasteiger partial charge in [0.2, 0.25) is 10.0 Å². The Balaban J connectivity index is 1.43. The van der Waals surface area contributed by atoms with Crippen LogP contribution in [-0.4, -0.2) is 35.5 Å². The predicted molar refractivity (Wildman–Crippen MR) is 123 cm³/mol. The maximum Gasteiger partial charge on any atom is 0.276 e. The number of amides is 1. The summed E-state index contributed by atoms with van der Waals surface area (Å²) < 4.78 is 41.5. The van der Waals surface area contributed by atoms with Crippen LogP contribution >= 0.6 is 0 Å². The van der Waals surface area contributed by atoms with Crippen LogP contribution in [0.3, 0.4) is 0 Å². The average Bonchev–Trinajstić information content (AvgIpc) is 3.31. The number of nitrogens with one attached hydrogen (secondary N) is 1. The molecule has 0 aliphatic rings. The first-order valence-corrected chi connectivity index (χ1v) is 11.5. The number of sulfonamides is 1. The van der Waals surface area contributed by atoms with E-state index in [0.717, 1.165) is 5.56 Å². The van der Waals surface area contributed by atoms with Crippen LogP contribution in [0.1, 0.15) is 16.1 Å². The third-order valence-electron chi connectivity index (χ3n) is 4.98. The molecule has 0 fully saturated rings. The second-order valence-corrected chi connectivity index (χ2v) is 9.39. The van der Waals surface area contributed by atoms with Crippen molar-refractivity contribution in [1.29, 1.82) is 0 Å². The van der Waals surface area contributed by atoms with E-state index in [1.807, 2.05) is 30.3 Å². The molecule has 0 saturated carbocycles. The first kappa shape index (κ1) is 22.4. The van der Waals surface area contributed by atoms with Gasteiger partial charge in [-0.25, -0.2) is 17.5 Å². The molecule has 4 rings (SSSR count). The summed E-state index contributed by atoms with van der Waals surface area (Å²) in [7, 11) is -2.16. The van der Waals surface area contributed by atoms with E-state index in [9.17, 15) is 17.6 Å². The van der Waals surface area contributed by atoms with Crippen LogP contribution < -0.4 is 5.32 Å². The standard InChI is InChI=1S/C24H21FN4O3S/c1-28(17-18-5-3-2-4-6-18)33(31,32)22-13-9-20(10-14-22)26-24(30)23-15-16-29(27-23)21-11-7-19(25)8-12-21/h2-16H,17H2,1H3,(H,26,30). The van der Waals surface area contributed by atoms with E-state index >= 15 is 0 Å². The molecule has 33 heavy (non-hydrogen) atoms. The van der Waals surface area contributed by atoms with Crippen molar-refractivity contribution in [1.82, 2.24) is 14.1 Å². The van der Waals surface area contributed by atoms with Gasteiger partial charge in [0, 0.05) is 25.5 Å². The minimum Gasteiger partial charge on any atom is -0.321 e. The van der Waals surface area contributed by atoms with Gasteiger partial charge >= 0.3 is 0 Å². The monoisotopic (exact) mass is 464 g/mol. The van der Waals surface area contributed by atoms with Gasteiger partial charge in [0.05, 0.1) is 10.6 Å². The van der Waals surface area contributed by atoms with Crippen LogP contribution in [0.15, 0.2) is 96.0 Å². The molecule has 7 nitrogen and oxygen atoms in total. The quantitative estimate of drug-likeness (QED) is 0.447. The van der Waals surface area contributed by atoms with Crippen LogP contribution in [0.2, 0.25) is 0 Å². The van der Waals surface area contributed by atoms with Gasteiger partial charge in [-0.05, 0) is 60.2 Å². The van der Waals surface area contributed by atoms with Crippen LogP contribution in [0.25, 0.3) is 5.69 Å². The summed E-state index contributed by atoms with van der Waals surface area (Å²) in [5.74, 6) is -0.812. The Morgan fingerprint density at radius 3 is 2.30 bits per heavy atom. The average molecular weight is 465 g/mol. The summed E-state index contributed by atoms with van der Waals surface area (Å²) in [4.78, 5) is 12.7. The van der Waals surface area contributed by atoms with Crippen molar-refractivity contribution in [2.24, 2.45) is 0 Å². The van der Waals surface area contributed by atoms with Crippen LogP contribution in [-0.2, 0) is 16.6 Å². The molecule has 0 aliphatic carbocycles. The number of hydrogen-bond donors (Lipinski definition) is 1. The maximum absolute atomic E-state index is 13.1. The zero-order chi connectivity index (χ0) is 23.4. The first-order valence-electron chi connectivity index (χ1n) is 10.1. The van der Waals surface area contributed by atoms with Crippen LogP contribution in [0, 0.1) is 5.82 Å². The molecule has 168 valence electrons. The Bertz CT molecular complexity index is 1350. The number of carbonyl (C=O) groups excluding carboxylic acids is 1. The van der Waals surface area contributed by atoms with E-state index in [-0.39, 0.29) is 23.0 Å². The number of aromatic nitrogens is 2. The number of halogens is 1. The van der Waals surface area contributed by atoms with E-state index in [1.165, 1.54) is 58.5 Å². The van der Waals surface area contributed by atoms with Crippen molar-refractivity contribution in [2.45, 2.75) is 11.4 Å². The van der Waals surface area contributed by atoms with Crippen LogP contribution in [0.4, 0.5) is 10.1 Å². The summed E-state index contributed by atoms with van der Waals surface area (Å²) in [5, 5.41) is 6.90. The summed E-state index contributed by atoms with van der Waals surface area (Å²) in [6.45, 7) is 0.248. The smallest absolute Gasteiger partial charge is 0.276 e. The molecule has 4 aromatic rings. The van der Waals surface area contributed by atoms with Crippen molar-refractivity contribution in [3.8, 4) is 5.69 Å². The van der Waals surface area contributed by atoms with E-state index in [1.54, 1.807) is 18.3 Å². The van der Waals surface area contributed by atoms with Gasteiger partial charge in [-0.1, -0.05) is 30.3 Å². The highest BCUT2D eigenvalue weighted by molar-refractivity contribution is 7.89. The molecule has 1 N–H and O–H groups in total. The maximum atomic E-state index is 13.1. The van der Waals surface area contributed by atoms with E-state index < -0.39 is 15.9 Å². The molecule has 1 heterocycles. The largest absolute Gasteiger partial charge is 0.321 e. The van der Waals surface area contributed by atoms with Gasteiger partial charge < -0.3 is 5.32 Å². The Hall–Kier alpha value is -3.82. The lowest BCUT2D eigenvalue weighted by atomic mass is 10.2. The molecule has 0 radical (unpaired) electrons. The number of nitrogens with zero attached hydrogens (tertiary/aromatic N) is 3. The molecule has 9 heteroatoms. The number of rotatable bonds is 7. The number of hydrogen-bond acceptors (Lipinski definition) is 4. The Morgan fingerprint density at radius 1 is 0.970 bits per heavy atom. The van der Waals surface area contributed by atoms with Gasteiger partial charge in [-0.15, -0.1) is 0 Å². The summed E-state index contributed by atoms with van der Waals surface area (Å²) in [6, 6.07) is 22.5. The van der Waals surface area contributed by atoms with Crippen molar-refractivity contribution in [3.05, 3.63) is 108 Å². The van der Waals surface area contributed by atoms with Crippen molar-refractivity contribution in [3.63, 3.8) is 0 Å². The lowest BCUT2D eigenvalue weighted by Crippen LogP contribution is -2.26. The molecule has 1 amide bonds. The van der Waals surface area contributed by atoms with Gasteiger partial charge in [0.1, 0.15) is 5.82 Å². The minimum atomic E-state index is -3.69. The van der Waals surface area contributed by atoms with Gasteiger partial charge in [0.15, 0.2) is 5.69 Å². The third-order valence-corrected chi connectivity index (χ3v) is 6.80. The Morgan fingerprint density at radius 2 is 1.64 bits per heavy atom. The molecule has 0 atom stereocenters. The summed E-state index contributed by atoms with van der Waals surface area (Å²) in [6.07, 6.45) is 1.60. The second-order valence-electron chi connectivity index (χ2n) is 7.35. The zero-order valence-electron chi connectivity index (χ0n) is 17.7. The number of benzene rings is 3. The SMILES string of the molecule is CN(Cc1ccccc1)S(=O)(=O)c1ccc(NC(=O)c2ccn(-c3ccc(F)cc3)n2)cc1. The number of carbonyl (C=O) groups is 1. The highest BCUT2D eigenvalue weighted by atomic mass is 32.2. The summed E-state index contributed by atoms with van der Waals surface area (Å²) >= 11 is 0. The molecular formula is C24H21FN4O3S. The third kappa shape index (κ3) is 5.16. The molecule has 0 aliphatic heterocycles. The first-order chi connectivity index (χ1) is 15.8. The molecule has 0 saturated heterocycles. The zero-order valence-corrected chi connectivity index (χ0v) is 18.5. The number of anilines is 1. The molecule has 3 aromatic carbocycles. The topological polar surface area (TPSA) is 84.3 Å². The van der Waals surface area contributed by atoms with E-state index in [4.69, 9.17) is 0 Å². The van der Waals surface area contributed by atoms with Gasteiger partial charge in [-0.3, -0.25) is 4.79 Å². The Labute approximate surface area is 191 Å². The molecule has 0 spiro atoms. The van der Waals surface area contributed by atoms with Gasteiger partial charge in [-0.2, -0.15) is 9.40 Å². The Kier molecular flexibility index (Phi) is 6.34. The molecule has 0 bridgehead atoms. The second kappa shape index (κ2) is 9.35. The predicted octanol–water partition coefficient (Wildman–Crippen LogP) is 4.08. The lowest BCUT2D eigenvalue weighted by Gasteiger charge is -2.17. The fourth-order valence-corrected chi connectivity index (χ4v) is 4.35. The lowest BCUT2D eigenvalue weighted by molar-refractivity contribution is 0.102. The molecule has 0 unspecified atom stereocenters. The molecular weight excluding hydrogens is 443 g/mol. The minimum absolute atomic E-state index is 0.125. The van der Waals surface area contributed by atoms with E-state index in [0.29, 0.717) is 11.4 Å². The van der Waals surface area contributed by atoms with E-state index in [2.05, 4.69) is 10.4 Å². The van der Waals surface area contributed by atoms with Gasteiger partial charge in [0.25, 0.3) is 5.91 Å². The van der Waals surface area contributed by atoms with Crippen molar-refractivity contribution >= 4 is 21.6 Å². The van der Waals surface area contributed by atoms with Crippen molar-refractivity contribution < 1.29 is 17.6 Å². The van der Waals surface area contributed by atoms with Crippen molar-refractivity contribution in [2.75, 3.05) is 12.4 Å². The fourth-order valence-electron chi connectivity index (χ4n) is 3.19.